The molecule has 1 fully saturated rings. The molecule has 4 heteroatoms. The standard InChI is InChI=1S/C13H15N3O/c1-8-14-11-6-5-10(7-12(11)15-8)16(2)13(17)9-3-4-9/h5-7,9H,3-4H2,1-2H3,(H,14,15). The number of carbonyl (C=O) groups is 1. The summed E-state index contributed by atoms with van der Waals surface area (Å²) in [6.45, 7) is 1.93. The minimum Gasteiger partial charge on any atom is -0.342 e. The largest absolute Gasteiger partial charge is 0.342 e. The molecule has 0 radical (unpaired) electrons. The Bertz CT molecular complexity index is 583. The topological polar surface area (TPSA) is 49.0 Å². The van der Waals surface area contributed by atoms with E-state index >= 15 is 0 Å². The molecule has 3 rings (SSSR count). The maximum absolute atomic E-state index is 11.9. The Morgan fingerprint density at radius 3 is 2.94 bits per heavy atom. The van der Waals surface area contributed by atoms with E-state index in [2.05, 4.69) is 9.97 Å². The number of nitrogens with zero attached hydrogens (tertiary/aromatic N) is 2. The molecule has 1 saturated carbocycles. The van der Waals surface area contributed by atoms with Crippen LogP contribution in [0.5, 0.6) is 0 Å². The second-order valence-electron chi connectivity index (χ2n) is 4.70. The molecule has 0 aliphatic heterocycles. The number of rotatable bonds is 2. The number of hydrogen-bond acceptors (Lipinski definition) is 2. The van der Waals surface area contributed by atoms with Crippen LogP contribution in [0.4, 0.5) is 5.69 Å². The zero-order valence-electron chi connectivity index (χ0n) is 10.0. The summed E-state index contributed by atoms with van der Waals surface area (Å²) in [5, 5.41) is 0. The van der Waals surface area contributed by atoms with Crippen molar-refractivity contribution in [2.45, 2.75) is 19.8 Å². The third-order valence-electron chi connectivity index (χ3n) is 3.23. The van der Waals surface area contributed by atoms with Crippen molar-refractivity contribution >= 4 is 22.6 Å². The van der Waals surface area contributed by atoms with Gasteiger partial charge in [-0.1, -0.05) is 0 Å². The monoisotopic (exact) mass is 229 g/mol. The number of imidazole rings is 1. The molecule has 0 bridgehead atoms. The number of aryl methyl sites for hydroxylation is 1. The van der Waals surface area contributed by atoms with E-state index in [9.17, 15) is 4.79 Å². The number of nitrogens with one attached hydrogen (secondary N) is 1. The van der Waals surface area contributed by atoms with Crippen molar-refractivity contribution in [3.8, 4) is 0 Å². The lowest BCUT2D eigenvalue weighted by atomic mass is 10.2. The lowest BCUT2D eigenvalue weighted by molar-refractivity contribution is -0.119. The molecule has 1 amide bonds. The van der Waals surface area contributed by atoms with Gasteiger partial charge < -0.3 is 9.88 Å². The second-order valence-corrected chi connectivity index (χ2v) is 4.70. The summed E-state index contributed by atoms with van der Waals surface area (Å²) < 4.78 is 0. The number of anilines is 1. The van der Waals surface area contributed by atoms with Crippen molar-refractivity contribution in [1.29, 1.82) is 0 Å². The van der Waals surface area contributed by atoms with Crippen LogP contribution in [0.3, 0.4) is 0 Å². The summed E-state index contributed by atoms with van der Waals surface area (Å²) in [5.74, 6) is 1.37. The third-order valence-corrected chi connectivity index (χ3v) is 3.23. The molecule has 1 N–H and O–H groups in total. The smallest absolute Gasteiger partial charge is 0.229 e. The Labute approximate surface area is 99.6 Å². The van der Waals surface area contributed by atoms with Crippen LogP contribution in [0.1, 0.15) is 18.7 Å². The molecule has 0 saturated heterocycles. The first-order chi connectivity index (χ1) is 8.15. The van der Waals surface area contributed by atoms with E-state index in [1.807, 2.05) is 32.2 Å². The Kier molecular flexibility index (Phi) is 2.18. The molecule has 1 aliphatic carbocycles. The van der Waals surface area contributed by atoms with E-state index in [-0.39, 0.29) is 11.8 Å². The quantitative estimate of drug-likeness (QED) is 0.858. The van der Waals surface area contributed by atoms with Crippen molar-refractivity contribution < 1.29 is 4.79 Å². The van der Waals surface area contributed by atoms with Crippen LogP contribution in [0.15, 0.2) is 18.2 Å². The molecule has 1 aromatic carbocycles. The third kappa shape index (κ3) is 1.79. The van der Waals surface area contributed by atoms with Gasteiger partial charge >= 0.3 is 0 Å². The lowest BCUT2D eigenvalue weighted by Crippen LogP contribution is -2.27. The van der Waals surface area contributed by atoms with Crippen molar-refractivity contribution in [2.75, 3.05) is 11.9 Å². The van der Waals surface area contributed by atoms with Gasteiger partial charge in [-0.3, -0.25) is 4.79 Å². The molecule has 88 valence electrons. The van der Waals surface area contributed by atoms with Gasteiger partial charge in [0, 0.05) is 18.7 Å². The minimum absolute atomic E-state index is 0.223. The normalized spacial score (nSPS) is 15.2. The molecule has 4 nitrogen and oxygen atoms in total. The molecule has 0 spiro atoms. The number of carbonyl (C=O) groups excluding carboxylic acids is 1. The van der Waals surface area contributed by atoms with Crippen LogP contribution in [-0.4, -0.2) is 22.9 Å². The van der Waals surface area contributed by atoms with Gasteiger partial charge in [0.2, 0.25) is 5.91 Å². The first-order valence-electron chi connectivity index (χ1n) is 5.89. The fourth-order valence-corrected chi connectivity index (χ4v) is 2.07. The summed E-state index contributed by atoms with van der Waals surface area (Å²) in [6.07, 6.45) is 2.07. The SMILES string of the molecule is Cc1nc2ccc(N(C)C(=O)C3CC3)cc2[nH]1. The summed E-state index contributed by atoms with van der Waals surface area (Å²) in [5.41, 5.74) is 2.85. The molecule has 1 heterocycles. The van der Waals surface area contributed by atoms with Crippen LogP contribution in [-0.2, 0) is 4.79 Å². The Morgan fingerprint density at radius 2 is 2.24 bits per heavy atom. The zero-order valence-corrected chi connectivity index (χ0v) is 10.0. The van der Waals surface area contributed by atoms with Crippen LogP contribution >= 0.6 is 0 Å². The fourth-order valence-electron chi connectivity index (χ4n) is 2.07. The van der Waals surface area contributed by atoms with Gasteiger partial charge in [0.1, 0.15) is 5.82 Å². The van der Waals surface area contributed by atoms with Crippen molar-refractivity contribution in [1.82, 2.24) is 9.97 Å². The number of benzene rings is 1. The average molecular weight is 229 g/mol. The highest BCUT2D eigenvalue weighted by atomic mass is 16.2. The van der Waals surface area contributed by atoms with Crippen molar-refractivity contribution in [2.24, 2.45) is 5.92 Å². The maximum atomic E-state index is 11.9. The van der Waals surface area contributed by atoms with Gasteiger partial charge in [-0.2, -0.15) is 0 Å². The molecule has 0 unspecified atom stereocenters. The molecule has 0 atom stereocenters. The first kappa shape index (κ1) is 10.3. The highest BCUT2D eigenvalue weighted by Crippen LogP contribution is 2.32. The summed E-state index contributed by atoms with van der Waals surface area (Å²) >= 11 is 0. The maximum Gasteiger partial charge on any atom is 0.229 e. The van der Waals surface area contributed by atoms with Gasteiger partial charge in [0.15, 0.2) is 0 Å². The number of hydrogen-bond donors (Lipinski definition) is 1. The number of aromatic amines is 1. The van der Waals surface area contributed by atoms with Crippen molar-refractivity contribution in [3.05, 3.63) is 24.0 Å². The molecule has 1 aliphatic rings. The van der Waals surface area contributed by atoms with Gasteiger partial charge in [0.05, 0.1) is 11.0 Å². The number of amides is 1. The predicted octanol–water partition coefficient (Wildman–Crippen LogP) is 2.24. The fraction of sp³-hybridized carbons (Fsp3) is 0.385. The number of H-pyrrole nitrogens is 1. The van der Waals surface area contributed by atoms with E-state index in [1.54, 1.807) is 4.90 Å². The second kappa shape index (κ2) is 3.58. The number of fused-ring (bicyclic) bond motifs is 1. The molecule has 2 aromatic rings. The molecular weight excluding hydrogens is 214 g/mol. The van der Waals surface area contributed by atoms with Crippen LogP contribution in [0.2, 0.25) is 0 Å². The average Bonchev–Trinajstić information content (AvgIpc) is 3.08. The van der Waals surface area contributed by atoms with E-state index in [4.69, 9.17) is 0 Å². The first-order valence-corrected chi connectivity index (χ1v) is 5.89. The van der Waals surface area contributed by atoms with Gasteiger partial charge in [-0.25, -0.2) is 4.98 Å². The van der Waals surface area contributed by atoms with E-state index in [0.717, 1.165) is 35.4 Å². The van der Waals surface area contributed by atoms with E-state index in [0.29, 0.717) is 0 Å². The Balaban J connectivity index is 1.96. The molecular formula is C13H15N3O. The summed E-state index contributed by atoms with van der Waals surface area (Å²) in [6, 6.07) is 5.88. The van der Waals surface area contributed by atoms with Gasteiger partial charge in [-0.15, -0.1) is 0 Å². The Morgan fingerprint density at radius 1 is 1.47 bits per heavy atom. The highest BCUT2D eigenvalue weighted by Gasteiger charge is 2.32. The Hall–Kier alpha value is -1.84. The van der Waals surface area contributed by atoms with Crippen molar-refractivity contribution in [3.63, 3.8) is 0 Å². The van der Waals surface area contributed by atoms with Gasteiger partial charge in [0.25, 0.3) is 0 Å². The van der Waals surface area contributed by atoms with E-state index in [1.165, 1.54) is 0 Å². The minimum atomic E-state index is 0.223. The lowest BCUT2D eigenvalue weighted by Gasteiger charge is -2.16. The van der Waals surface area contributed by atoms with Gasteiger partial charge in [-0.05, 0) is 38.0 Å². The summed E-state index contributed by atoms with van der Waals surface area (Å²) in [4.78, 5) is 21.2. The summed E-state index contributed by atoms with van der Waals surface area (Å²) in [7, 11) is 1.84. The molecule has 17 heavy (non-hydrogen) atoms. The number of aromatic nitrogens is 2. The molecule has 1 aromatic heterocycles. The van der Waals surface area contributed by atoms with Crippen LogP contribution < -0.4 is 4.90 Å². The predicted molar refractivity (Wildman–Crippen MR) is 67.0 cm³/mol. The van der Waals surface area contributed by atoms with E-state index < -0.39 is 0 Å². The van der Waals surface area contributed by atoms with Crippen LogP contribution in [0.25, 0.3) is 11.0 Å². The van der Waals surface area contributed by atoms with Crippen LogP contribution in [0, 0.1) is 12.8 Å². The highest BCUT2D eigenvalue weighted by molar-refractivity contribution is 5.97. The zero-order chi connectivity index (χ0) is 12.0.